The molecule has 0 radical (unpaired) electrons. The minimum Gasteiger partial charge on any atom is -0.387 e. The van der Waals surface area contributed by atoms with Gasteiger partial charge in [0, 0.05) is 49.8 Å². The lowest BCUT2D eigenvalue weighted by atomic mass is 10.1. The highest BCUT2D eigenvalue weighted by molar-refractivity contribution is 6.06. The first-order valence-corrected chi connectivity index (χ1v) is 10.1. The average Bonchev–Trinajstić information content (AvgIpc) is 3.13. The lowest BCUT2D eigenvalue weighted by molar-refractivity contribution is -0.133. The van der Waals surface area contributed by atoms with E-state index in [0.29, 0.717) is 38.3 Å². The third-order valence-corrected chi connectivity index (χ3v) is 5.70. The van der Waals surface area contributed by atoms with Crippen LogP contribution in [-0.2, 0) is 11.3 Å². The van der Waals surface area contributed by atoms with E-state index in [4.69, 9.17) is 5.73 Å². The van der Waals surface area contributed by atoms with Gasteiger partial charge in [0.05, 0.1) is 11.7 Å². The summed E-state index contributed by atoms with van der Waals surface area (Å²) in [4.78, 5) is 28.6. The number of carbonyl (C=O) groups is 2. The molecule has 1 atom stereocenters. The highest BCUT2D eigenvalue weighted by Gasteiger charge is 2.24. The Labute approximate surface area is 175 Å². The fourth-order valence-electron chi connectivity index (χ4n) is 4.02. The summed E-state index contributed by atoms with van der Waals surface area (Å²) in [6.45, 7) is 3.38. The molecule has 1 fully saturated rings. The number of aliphatic hydroxyl groups excluding tert-OH is 1. The Morgan fingerprint density at radius 3 is 2.33 bits per heavy atom. The number of primary amides is 1. The Morgan fingerprint density at radius 1 is 0.967 bits per heavy atom. The van der Waals surface area contributed by atoms with Crippen LogP contribution in [0, 0.1) is 0 Å². The molecule has 1 saturated heterocycles. The number of hydrogen-bond acceptors (Lipinski definition) is 4. The van der Waals surface area contributed by atoms with Crippen LogP contribution in [0.4, 0.5) is 0 Å². The summed E-state index contributed by atoms with van der Waals surface area (Å²) in [7, 11) is 0. The molecule has 156 valence electrons. The van der Waals surface area contributed by atoms with Crippen LogP contribution in [0.3, 0.4) is 0 Å². The van der Waals surface area contributed by atoms with E-state index in [0.717, 1.165) is 16.5 Å². The largest absolute Gasteiger partial charge is 0.387 e. The molecule has 4 rings (SSSR count). The number of fused-ring (bicyclic) bond motifs is 1. The van der Waals surface area contributed by atoms with Gasteiger partial charge in [-0.1, -0.05) is 48.5 Å². The third-order valence-electron chi connectivity index (χ3n) is 5.70. The number of β-amino-alcohol motifs (C(OH)–C–C–N with tert-alkyl or cyclic N) is 1. The van der Waals surface area contributed by atoms with Crippen molar-refractivity contribution in [2.75, 3.05) is 32.7 Å². The zero-order valence-electron chi connectivity index (χ0n) is 16.8. The number of piperazine rings is 1. The predicted octanol–water partition coefficient (Wildman–Crippen LogP) is 1.62. The maximum atomic E-state index is 12.9. The summed E-state index contributed by atoms with van der Waals surface area (Å²) in [5.74, 6) is -0.488. The number of para-hydroxylation sites is 1. The summed E-state index contributed by atoms with van der Waals surface area (Å²) in [6.07, 6.45) is 1.13. The SMILES string of the molecule is NC(=O)c1cn(CC(=O)N2CCN(CC(O)c3ccccc3)CC2)c2ccccc12. The second kappa shape index (κ2) is 8.69. The molecule has 0 saturated carbocycles. The molecular formula is C23H26N4O3. The van der Waals surface area contributed by atoms with Crippen LogP contribution in [0.25, 0.3) is 10.9 Å². The summed E-state index contributed by atoms with van der Waals surface area (Å²) >= 11 is 0. The van der Waals surface area contributed by atoms with E-state index in [1.807, 2.05) is 59.5 Å². The molecule has 1 aliphatic rings. The first-order valence-electron chi connectivity index (χ1n) is 10.1. The molecule has 3 N–H and O–H groups in total. The number of amides is 2. The van der Waals surface area contributed by atoms with Crippen molar-refractivity contribution in [2.24, 2.45) is 5.73 Å². The van der Waals surface area contributed by atoms with Gasteiger partial charge in [0.25, 0.3) is 5.91 Å². The number of nitrogens with zero attached hydrogens (tertiary/aromatic N) is 3. The zero-order valence-corrected chi connectivity index (χ0v) is 16.8. The maximum Gasteiger partial charge on any atom is 0.250 e. The van der Waals surface area contributed by atoms with Crippen molar-refractivity contribution in [3.05, 3.63) is 71.9 Å². The molecule has 7 nitrogen and oxygen atoms in total. The molecule has 0 spiro atoms. The molecule has 30 heavy (non-hydrogen) atoms. The van der Waals surface area contributed by atoms with E-state index in [1.165, 1.54) is 0 Å². The van der Waals surface area contributed by atoms with Crippen molar-refractivity contribution >= 4 is 22.7 Å². The van der Waals surface area contributed by atoms with Gasteiger partial charge in [-0.25, -0.2) is 0 Å². The summed E-state index contributed by atoms with van der Waals surface area (Å²) in [5, 5.41) is 11.2. The van der Waals surface area contributed by atoms with Gasteiger partial charge >= 0.3 is 0 Å². The van der Waals surface area contributed by atoms with E-state index in [9.17, 15) is 14.7 Å². The fraction of sp³-hybridized carbons (Fsp3) is 0.304. The van der Waals surface area contributed by atoms with Crippen molar-refractivity contribution in [2.45, 2.75) is 12.6 Å². The van der Waals surface area contributed by atoms with Crippen LogP contribution in [0.2, 0.25) is 0 Å². The number of aromatic nitrogens is 1. The summed E-state index contributed by atoms with van der Waals surface area (Å²) in [6, 6.07) is 17.1. The fourth-order valence-corrected chi connectivity index (χ4v) is 4.02. The normalized spacial score (nSPS) is 16.0. The van der Waals surface area contributed by atoms with E-state index in [2.05, 4.69) is 4.90 Å². The number of benzene rings is 2. The predicted molar refractivity (Wildman–Crippen MR) is 115 cm³/mol. The smallest absolute Gasteiger partial charge is 0.250 e. The van der Waals surface area contributed by atoms with Crippen molar-refractivity contribution in [3.63, 3.8) is 0 Å². The average molecular weight is 406 g/mol. The van der Waals surface area contributed by atoms with Gasteiger partial charge in [-0.3, -0.25) is 14.5 Å². The van der Waals surface area contributed by atoms with E-state index < -0.39 is 12.0 Å². The lowest BCUT2D eigenvalue weighted by Gasteiger charge is -2.35. The molecule has 2 amide bonds. The first kappa shape index (κ1) is 20.1. The third kappa shape index (κ3) is 4.22. The van der Waals surface area contributed by atoms with Crippen molar-refractivity contribution < 1.29 is 14.7 Å². The molecule has 7 heteroatoms. The number of aliphatic hydroxyl groups is 1. The second-order valence-corrected chi connectivity index (χ2v) is 7.66. The minimum atomic E-state index is -0.535. The Hall–Kier alpha value is -3.16. The van der Waals surface area contributed by atoms with Gasteiger partial charge in [0.15, 0.2) is 0 Å². The molecule has 0 bridgehead atoms. The summed E-state index contributed by atoms with van der Waals surface area (Å²) < 4.78 is 1.79. The monoisotopic (exact) mass is 406 g/mol. The van der Waals surface area contributed by atoms with Crippen molar-refractivity contribution in [3.8, 4) is 0 Å². The van der Waals surface area contributed by atoms with Crippen LogP contribution < -0.4 is 5.73 Å². The number of rotatable bonds is 6. The number of nitrogens with two attached hydrogens (primary N) is 1. The van der Waals surface area contributed by atoms with Crippen molar-refractivity contribution in [1.29, 1.82) is 0 Å². The van der Waals surface area contributed by atoms with E-state index in [1.54, 1.807) is 10.8 Å². The minimum absolute atomic E-state index is 0.00929. The Balaban J connectivity index is 1.36. The first-order chi connectivity index (χ1) is 14.5. The van der Waals surface area contributed by atoms with Crippen LogP contribution in [-0.4, -0.2) is 64.0 Å². The molecule has 1 unspecified atom stereocenters. The maximum absolute atomic E-state index is 12.9. The summed E-state index contributed by atoms with van der Waals surface area (Å²) in [5.41, 5.74) is 7.65. The molecule has 0 aliphatic carbocycles. The van der Waals surface area contributed by atoms with Crippen LogP contribution in [0.5, 0.6) is 0 Å². The van der Waals surface area contributed by atoms with Gasteiger partial charge < -0.3 is 20.3 Å². The Morgan fingerprint density at radius 2 is 1.63 bits per heavy atom. The van der Waals surface area contributed by atoms with Gasteiger partial charge in [-0.2, -0.15) is 0 Å². The molecule has 3 aromatic rings. The van der Waals surface area contributed by atoms with E-state index >= 15 is 0 Å². The Kier molecular flexibility index (Phi) is 5.83. The van der Waals surface area contributed by atoms with Gasteiger partial charge in [0.1, 0.15) is 6.54 Å². The molecule has 1 aromatic heterocycles. The van der Waals surface area contributed by atoms with E-state index in [-0.39, 0.29) is 12.5 Å². The van der Waals surface area contributed by atoms with Gasteiger partial charge in [-0.05, 0) is 11.6 Å². The highest BCUT2D eigenvalue weighted by atomic mass is 16.3. The zero-order chi connectivity index (χ0) is 21.1. The van der Waals surface area contributed by atoms with Gasteiger partial charge in [-0.15, -0.1) is 0 Å². The molecular weight excluding hydrogens is 380 g/mol. The number of carbonyl (C=O) groups excluding carboxylic acids is 2. The lowest BCUT2D eigenvalue weighted by Crippen LogP contribution is -2.50. The van der Waals surface area contributed by atoms with Crippen LogP contribution >= 0.6 is 0 Å². The molecule has 1 aliphatic heterocycles. The molecule has 2 aromatic carbocycles. The number of hydrogen-bond donors (Lipinski definition) is 2. The second-order valence-electron chi connectivity index (χ2n) is 7.66. The van der Waals surface area contributed by atoms with Crippen molar-refractivity contribution in [1.82, 2.24) is 14.4 Å². The Bertz CT molecular complexity index is 1040. The van der Waals surface area contributed by atoms with Crippen LogP contribution in [0.15, 0.2) is 60.8 Å². The van der Waals surface area contributed by atoms with Gasteiger partial charge in [0.2, 0.25) is 5.91 Å². The highest BCUT2D eigenvalue weighted by Crippen LogP contribution is 2.21. The topological polar surface area (TPSA) is 91.8 Å². The standard InChI is InChI=1S/C23H26N4O3/c24-23(30)19-14-27(20-9-5-4-8-18(19)20)16-22(29)26-12-10-25(11-13-26)15-21(28)17-6-2-1-3-7-17/h1-9,14,21,28H,10-13,15-16H2,(H2,24,30). The molecule has 2 heterocycles. The quantitative estimate of drug-likeness (QED) is 0.651. The van der Waals surface area contributed by atoms with Crippen LogP contribution in [0.1, 0.15) is 22.0 Å².